The molecule has 0 rings (SSSR count). The Morgan fingerprint density at radius 3 is 0.844 bits per heavy atom. The van der Waals surface area contributed by atoms with Gasteiger partial charge in [0.05, 0.1) is 6.61 Å². The fraction of sp³-hybridized carbons (Fsp3) is 0.806. The first-order valence-electron chi connectivity index (χ1n) is 34.0. The molecule has 0 aromatic carbocycles. The topological polar surface area (TPSA) is 72.8 Å². The van der Waals surface area contributed by atoms with Crippen molar-refractivity contribution < 1.29 is 24.2 Å². The summed E-state index contributed by atoms with van der Waals surface area (Å²) in [6.07, 6.45) is 93.6. The third kappa shape index (κ3) is 65.8. The molecule has 0 aliphatic rings. The third-order valence-electron chi connectivity index (χ3n) is 15.3. The van der Waals surface area contributed by atoms with Gasteiger partial charge in [-0.25, -0.2) is 0 Å². The number of ether oxygens (including phenoxy) is 2. The van der Waals surface area contributed by atoms with E-state index in [0.717, 1.165) is 70.6 Å². The molecule has 0 aromatic rings. The van der Waals surface area contributed by atoms with Crippen LogP contribution in [0.2, 0.25) is 0 Å². The Kier molecular flexibility index (Phi) is 65.3. The van der Waals surface area contributed by atoms with Gasteiger partial charge in [-0.3, -0.25) is 9.59 Å². The lowest BCUT2D eigenvalue weighted by molar-refractivity contribution is -0.161. The Morgan fingerprint density at radius 1 is 0.312 bits per heavy atom. The van der Waals surface area contributed by atoms with Crippen LogP contribution in [0, 0.1) is 0 Å². The van der Waals surface area contributed by atoms with Gasteiger partial charge in [0.15, 0.2) is 6.10 Å². The van der Waals surface area contributed by atoms with Crippen molar-refractivity contribution in [3.63, 3.8) is 0 Å². The van der Waals surface area contributed by atoms with Crippen LogP contribution in [0.5, 0.6) is 0 Å². The number of aliphatic hydroxyl groups is 1. The number of hydrogen-bond donors (Lipinski definition) is 1. The zero-order chi connectivity index (χ0) is 55.5. The standard InChI is InChI=1S/C72H130O5/c1-3-5-7-9-11-13-15-17-19-21-23-25-27-29-30-31-32-33-34-35-36-37-38-39-40-41-42-43-45-47-49-51-53-55-57-59-61-63-65-67-72(75)77-70(68-73)69-76-71(74)66-64-62-60-58-56-54-52-50-48-46-44-28-26-24-22-20-18-16-14-12-10-8-6-4-2/h5,7,11,13,17,19,23,25,29-30,32-33,70,73H,3-4,6,8-10,12,14-16,18,20-22,24,26-28,31,34-69H2,1-2H3/b7-5-,13-11-,19-17-,25-23-,30-29-,33-32-. The molecule has 0 radical (unpaired) electrons. The first-order valence-corrected chi connectivity index (χ1v) is 34.0. The molecule has 0 heterocycles. The second kappa shape index (κ2) is 67.6. The van der Waals surface area contributed by atoms with E-state index in [-0.39, 0.29) is 25.2 Å². The Morgan fingerprint density at radius 2 is 0.558 bits per heavy atom. The van der Waals surface area contributed by atoms with Crippen LogP contribution in [0.4, 0.5) is 0 Å². The van der Waals surface area contributed by atoms with Crippen molar-refractivity contribution in [1.82, 2.24) is 0 Å². The van der Waals surface area contributed by atoms with E-state index < -0.39 is 6.10 Å². The molecule has 77 heavy (non-hydrogen) atoms. The Hall–Kier alpha value is -2.66. The summed E-state index contributed by atoms with van der Waals surface area (Å²) in [5, 5.41) is 9.69. The van der Waals surface area contributed by atoms with Gasteiger partial charge in [-0.15, -0.1) is 0 Å². The molecule has 1 unspecified atom stereocenters. The highest BCUT2D eigenvalue weighted by molar-refractivity contribution is 5.70. The monoisotopic (exact) mass is 1070 g/mol. The molecule has 0 aliphatic carbocycles. The lowest BCUT2D eigenvalue weighted by Crippen LogP contribution is -2.28. The van der Waals surface area contributed by atoms with Crippen LogP contribution in [-0.2, 0) is 19.1 Å². The highest BCUT2D eigenvalue weighted by Gasteiger charge is 2.16. The van der Waals surface area contributed by atoms with E-state index >= 15 is 0 Å². The van der Waals surface area contributed by atoms with Crippen LogP contribution in [0.3, 0.4) is 0 Å². The Bertz CT molecular complexity index is 1360. The van der Waals surface area contributed by atoms with Crippen LogP contribution in [0.15, 0.2) is 72.9 Å². The molecule has 448 valence electrons. The number of hydrogen-bond acceptors (Lipinski definition) is 5. The molecule has 5 heteroatoms. The number of carbonyl (C=O) groups is 2. The van der Waals surface area contributed by atoms with E-state index in [1.54, 1.807) is 0 Å². The van der Waals surface area contributed by atoms with Crippen molar-refractivity contribution >= 4 is 11.9 Å². The molecule has 0 aliphatic heterocycles. The summed E-state index contributed by atoms with van der Waals surface area (Å²) in [4.78, 5) is 24.6. The summed E-state index contributed by atoms with van der Waals surface area (Å²) >= 11 is 0. The van der Waals surface area contributed by atoms with Crippen molar-refractivity contribution in [2.24, 2.45) is 0 Å². The van der Waals surface area contributed by atoms with Gasteiger partial charge in [-0.2, -0.15) is 0 Å². The average Bonchev–Trinajstić information content (AvgIpc) is 3.43. The molecule has 0 fully saturated rings. The molecule has 0 amide bonds. The lowest BCUT2D eigenvalue weighted by Gasteiger charge is -2.15. The first kappa shape index (κ1) is 74.3. The quantitative estimate of drug-likeness (QED) is 0.0373. The van der Waals surface area contributed by atoms with E-state index in [0.29, 0.717) is 12.8 Å². The van der Waals surface area contributed by atoms with Crippen LogP contribution in [0.1, 0.15) is 354 Å². The Labute approximate surface area is 480 Å². The van der Waals surface area contributed by atoms with E-state index in [2.05, 4.69) is 86.8 Å². The molecular formula is C72H130O5. The summed E-state index contributed by atoms with van der Waals surface area (Å²) in [5.41, 5.74) is 0. The van der Waals surface area contributed by atoms with Crippen LogP contribution >= 0.6 is 0 Å². The number of allylic oxidation sites excluding steroid dienone is 12. The van der Waals surface area contributed by atoms with Crippen LogP contribution < -0.4 is 0 Å². The van der Waals surface area contributed by atoms with Crippen molar-refractivity contribution in [2.75, 3.05) is 13.2 Å². The zero-order valence-electron chi connectivity index (χ0n) is 51.5. The second-order valence-corrected chi connectivity index (χ2v) is 22.9. The normalized spacial score (nSPS) is 12.6. The van der Waals surface area contributed by atoms with Crippen molar-refractivity contribution in [2.45, 2.75) is 360 Å². The van der Waals surface area contributed by atoms with Crippen LogP contribution in [0.25, 0.3) is 0 Å². The van der Waals surface area contributed by atoms with Gasteiger partial charge in [0.25, 0.3) is 0 Å². The van der Waals surface area contributed by atoms with Gasteiger partial charge in [-0.1, -0.05) is 350 Å². The summed E-state index contributed by atoms with van der Waals surface area (Å²) < 4.78 is 10.8. The Balaban J connectivity index is 3.42. The van der Waals surface area contributed by atoms with Gasteiger partial charge in [0.2, 0.25) is 0 Å². The molecule has 1 N–H and O–H groups in total. The van der Waals surface area contributed by atoms with Gasteiger partial charge >= 0.3 is 11.9 Å². The number of esters is 2. The minimum absolute atomic E-state index is 0.0606. The van der Waals surface area contributed by atoms with Gasteiger partial charge < -0.3 is 14.6 Å². The minimum Gasteiger partial charge on any atom is -0.462 e. The molecular weight excluding hydrogens is 945 g/mol. The van der Waals surface area contributed by atoms with Gasteiger partial charge in [0, 0.05) is 12.8 Å². The maximum absolute atomic E-state index is 12.4. The lowest BCUT2D eigenvalue weighted by atomic mass is 10.0. The van der Waals surface area contributed by atoms with E-state index in [1.807, 2.05) is 0 Å². The molecule has 0 saturated carbocycles. The minimum atomic E-state index is -0.771. The number of rotatable bonds is 63. The fourth-order valence-corrected chi connectivity index (χ4v) is 10.2. The maximum Gasteiger partial charge on any atom is 0.306 e. The molecule has 5 nitrogen and oxygen atoms in total. The second-order valence-electron chi connectivity index (χ2n) is 22.9. The molecule has 1 atom stereocenters. The largest absolute Gasteiger partial charge is 0.462 e. The summed E-state index contributed by atoms with van der Waals surface area (Å²) in [5.74, 6) is -0.569. The van der Waals surface area contributed by atoms with E-state index in [1.165, 1.54) is 257 Å². The van der Waals surface area contributed by atoms with Gasteiger partial charge in [0.1, 0.15) is 6.61 Å². The van der Waals surface area contributed by atoms with Gasteiger partial charge in [-0.05, 0) is 64.2 Å². The molecule has 0 spiro atoms. The summed E-state index contributed by atoms with van der Waals surface area (Å²) in [7, 11) is 0. The zero-order valence-corrected chi connectivity index (χ0v) is 51.5. The molecule has 0 bridgehead atoms. The number of unbranched alkanes of at least 4 members (excludes halogenated alkanes) is 43. The summed E-state index contributed by atoms with van der Waals surface area (Å²) in [6, 6.07) is 0. The maximum atomic E-state index is 12.4. The highest BCUT2D eigenvalue weighted by atomic mass is 16.6. The number of aliphatic hydroxyl groups excluding tert-OH is 1. The predicted octanol–water partition coefficient (Wildman–Crippen LogP) is 23.5. The van der Waals surface area contributed by atoms with Crippen molar-refractivity contribution in [3.05, 3.63) is 72.9 Å². The number of carbonyl (C=O) groups excluding carboxylic acids is 2. The van der Waals surface area contributed by atoms with Crippen molar-refractivity contribution in [3.8, 4) is 0 Å². The smallest absolute Gasteiger partial charge is 0.306 e. The van der Waals surface area contributed by atoms with Crippen molar-refractivity contribution in [1.29, 1.82) is 0 Å². The molecule has 0 aromatic heterocycles. The third-order valence-corrected chi connectivity index (χ3v) is 15.3. The SMILES string of the molecule is CC/C=C\C/C=C\C/C=C\C/C=C\C/C=C\C/C=C\CCCCCCCCCCCCCCCCCCCCCCC(=O)OC(CO)COC(=O)CCCCCCCCCCCCCCCCCCCCCCCCCC. The molecule has 0 saturated heterocycles. The highest BCUT2D eigenvalue weighted by Crippen LogP contribution is 2.18. The van der Waals surface area contributed by atoms with E-state index in [4.69, 9.17) is 9.47 Å². The average molecular weight is 1080 g/mol. The fourth-order valence-electron chi connectivity index (χ4n) is 10.2. The van der Waals surface area contributed by atoms with Crippen LogP contribution in [-0.4, -0.2) is 36.4 Å². The predicted molar refractivity (Wildman–Crippen MR) is 339 cm³/mol. The summed E-state index contributed by atoms with van der Waals surface area (Å²) in [6.45, 7) is 4.08. The van der Waals surface area contributed by atoms with E-state index in [9.17, 15) is 14.7 Å². The first-order chi connectivity index (χ1) is 38.1.